The van der Waals surface area contributed by atoms with Crippen molar-refractivity contribution in [3.05, 3.63) is 40.9 Å². The summed E-state index contributed by atoms with van der Waals surface area (Å²) >= 11 is 5.91. The van der Waals surface area contributed by atoms with Crippen molar-refractivity contribution in [1.29, 1.82) is 0 Å². The molecule has 7 heteroatoms. The van der Waals surface area contributed by atoms with Crippen LogP contribution < -0.4 is 5.73 Å². The second-order valence-corrected chi connectivity index (χ2v) is 4.32. The second-order valence-electron chi connectivity index (χ2n) is 3.91. The van der Waals surface area contributed by atoms with Crippen LogP contribution in [-0.4, -0.2) is 40.9 Å². The molecule has 0 saturated carbocycles. The third kappa shape index (κ3) is 5.11. The summed E-state index contributed by atoms with van der Waals surface area (Å²) in [5, 5.41) is 9.14. The minimum Gasteiger partial charge on any atom is -0.480 e. The Kier molecular flexibility index (Phi) is 5.74. The molecule has 0 atom stereocenters. The molecule has 0 fully saturated rings. The lowest BCUT2D eigenvalue weighted by Gasteiger charge is -2.16. The molecule has 0 aliphatic carbocycles. The maximum atomic E-state index is 11.8. The number of amides is 2. The summed E-state index contributed by atoms with van der Waals surface area (Å²) in [5.41, 5.74) is 5.58. The zero-order chi connectivity index (χ0) is 15.1. The molecule has 0 bridgehead atoms. The minimum atomic E-state index is -1.23. The molecule has 0 aliphatic heterocycles. The van der Waals surface area contributed by atoms with Gasteiger partial charge in [0.05, 0.1) is 0 Å². The number of carboxylic acid groups (broad SMARTS) is 1. The van der Waals surface area contributed by atoms with Crippen molar-refractivity contribution >= 4 is 35.5 Å². The van der Waals surface area contributed by atoms with Gasteiger partial charge >= 0.3 is 5.97 Å². The highest BCUT2D eigenvalue weighted by Crippen LogP contribution is 2.16. The Morgan fingerprint density at radius 3 is 2.45 bits per heavy atom. The first-order valence-corrected chi connectivity index (χ1v) is 5.99. The van der Waals surface area contributed by atoms with Crippen LogP contribution in [-0.2, 0) is 14.4 Å². The molecule has 0 unspecified atom stereocenters. The quantitative estimate of drug-likeness (QED) is 0.756. The van der Waals surface area contributed by atoms with Gasteiger partial charge in [-0.25, -0.2) is 0 Å². The van der Waals surface area contributed by atoms with Crippen molar-refractivity contribution < 1.29 is 19.5 Å². The van der Waals surface area contributed by atoms with Crippen LogP contribution in [0, 0.1) is 0 Å². The molecule has 6 nitrogen and oxygen atoms in total. The first-order valence-electron chi connectivity index (χ1n) is 5.61. The number of rotatable bonds is 6. The molecule has 20 heavy (non-hydrogen) atoms. The summed E-state index contributed by atoms with van der Waals surface area (Å²) < 4.78 is 0. The summed E-state index contributed by atoms with van der Waals surface area (Å²) in [6.07, 6.45) is 2.59. The van der Waals surface area contributed by atoms with Gasteiger partial charge in [0.25, 0.3) is 0 Å². The largest absolute Gasteiger partial charge is 0.480 e. The molecule has 1 aromatic rings. The topological polar surface area (TPSA) is 101 Å². The number of hydrogen-bond acceptors (Lipinski definition) is 3. The van der Waals surface area contributed by atoms with E-state index in [9.17, 15) is 14.4 Å². The molecule has 3 N–H and O–H groups in total. The number of halogens is 1. The van der Waals surface area contributed by atoms with Crippen LogP contribution in [0.25, 0.3) is 6.08 Å². The smallest absolute Gasteiger partial charge is 0.323 e. The average molecular weight is 297 g/mol. The van der Waals surface area contributed by atoms with E-state index in [2.05, 4.69) is 0 Å². The van der Waals surface area contributed by atoms with Crippen LogP contribution in [0.15, 0.2) is 30.3 Å². The monoisotopic (exact) mass is 296 g/mol. The normalized spacial score (nSPS) is 10.4. The van der Waals surface area contributed by atoms with Gasteiger partial charge in [0, 0.05) is 11.1 Å². The Bertz CT molecular complexity index is 541. The molecule has 106 valence electrons. The fraction of sp³-hybridized carbons (Fsp3) is 0.154. The van der Waals surface area contributed by atoms with Crippen molar-refractivity contribution in [2.24, 2.45) is 5.73 Å². The van der Waals surface area contributed by atoms with Crippen LogP contribution in [0.5, 0.6) is 0 Å². The number of carbonyl (C=O) groups is 3. The molecule has 0 aliphatic rings. The van der Waals surface area contributed by atoms with E-state index in [1.807, 2.05) is 0 Å². The van der Waals surface area contributed by atoms with Gasteiger partial charge in [-0.2, -0.15) is 0 Å². The van der Waals surface area contributed by atoms with Gasteiger partial charge in [0.2, 0.25) is 11.8 Å². The predicted molar refractivity (Wildman–Crippen MR) is 73.9 cm³/mol. The lowest BCUT2D eigenvalue weighted by molar-refractivity contribution is -0.143. The van der Waals surface area contributed by atoms with Crippen LogP contribution in [0.4, 0.5) is 0 Å². The fourth-order valence-electron chi connectivity index (χ4n) is 1.44. The first-order chi connectivity index (χ1) is 9.40. The summed E-state index contributed by atoms with van der Waals surface area (Å²) in [5.74, 6) is -2.65. The molecular formula is C13H13ClN2O4. The van der Waals surface area contributed by atoms with Gasteiger partial charge in [0.1, 0.15) is 13.1 Å². The molecule has 1 rings (SSSR count). The predicted octanol–water partition coefficient (Wildman–Crippen LogP) is 0.752. The Morgan fingerprint density at radius 1 is 1.25 bits per heavy atom. The fourth-order valence-corrected chi connectivity index (χ4v) is 1.64. The highest BCUT2D eigenvalue weighted by molar-refractivity contribution is 6.32. The number of primary amides is 1. The maximum Gasteiger partial charge on any atom is 0.323 e. The third-order valence-corrected chi connectivity index (χ3v) is 2.64. The number of nitrogens with two attached hydrogens (primary N) is 1. The van der Waals surface area contributed by atoms with Gasteiger partial charge < -0.3 is 15.7 Å². The summed E-state index contributed by atoms with van der Waals surface area (Å²) in [6.45, 7) is -1.06. The lowest BCUT2D eigenvalue weighted by atomic mass is 10.2. The number of carbonyl (C=O) groups excluding carboxylic acids is 2. The molecule has 0 saturated heterocycles. The van der Waals surface area contributed by atoms with Crippen molar-refractivity contribution in [2.45, 2.75) is 0 Å². The Hall–Kier alpha value is -2.34. The van der Waals surface area contributed by atoms with E-state index in [1.54, 1.807) is 24.3 Å². The minimum absolute atomic E-state index is 0.455. The van der Waals surface area contributed by atoms with E-state index in [4.69, 9.17) is 22.4 Å². The van der Waals surface area contributed by atoms with E-state index >= 15 is 0 Å². The highest BCUT2D eigenvalue weighted by atomic mass is 35.5. The van der Waals surface area contributed by atoms with E-state index in [-0.39, 0.29) is 0 Å². The van der Waals surface area contributed by atoms with Crippen molar-refractivity contribution in [3.63, 3.8) is 0 Å². The second kappa shape index (κ2) is 7.30. The lowest BCUT2D eigenvalue weighted by Crippen LogP contribution is -2.40. The van der Waals surface area contributed by atoms with Gasteiger partial charge in [-0.3, -0.25) is 14.4 Å². The maximum absolute atomic E-state index is 11.8. The summed E-state index contributed by atoms with van der Waals surface area (Å²) in [4.78, 5) is 34.1. The van der Waals surface area contributed by atoms with Crippen LogP contribution in [0.2, 0.25) is 5.02 Å². The Morgan fingerprint density at radius 2 is 1.90 bits per heavy atom. The number of aliphatic carboxylic acids is 1. The van der Waals surface area contributed by atoms with Crippen LogP contribution in [0.1, 0.15) is 5.56 Å². The number of nitrogens with zero attached hydrogens (tertiary/aromatic N) is 1. The molecular weight excluding hydrogens is 284 g/mol. The molecule has 0 spiro atoms. The average Bonchev–Trinajstić information content (AvgIpc) is 2.35. The van der Waals surface area contributed by atoms with E-state index in [0.717, 1.165) is 11.0 Å². The van der Waals surface area contributed by atoms with E-state index in [1.165, 1.54) is 6.08 Å². The van der Waals surface area contributed by atoms with Gasteiger partial charge in [-0.05, 0) is 17.7 Å². The van der Waals surface area contributed by atoms with Crippen molar-refractivity contribution in [2.75, 3.05) is 13.1 Å². The van der Waals surface area contributed by atoms with Crippen molar-refractivity contribution in [3.8, 4) is 0 Å². The van der Waals surface area contributed by atoms with Gasteiger partial charge in [-0.15, -0.1) is 0 Å². The number of carboxylic acids is 1. The molecule has 1 aromatic carbocycles. The molecule has 0 aromatic heterocycles. The van der Waals surface area contributed by atoms with Gasteiger partial charge in [-0.1, -0.05) is 29.8 Å². The van der Waals surface area contributed by atoms with E-state index in [0.29, 0.717) is 10.6 Å². The zero-order valence-corrected chi connectivity index (χ0v) is 11.2. The standard InChI is InChI=1S/C13H13ClN2O4/c14-10-4-2-1-3-9(10)5-6-12(18)16(7-11(15)17)8-13(19)20/h1-6H,7-8H2,(H2,15,17)(H,19,20)/b6-5+. The van der Waals surface area contributed by atoms with Crippen LogP contribution in [0.3, 0.4) is 0 Å². The number of hydrogen-bond donors (Lipinski definition) is 2. The van der Waals surface area contributed by atoms with Crippen LogP contribution >= 0.6 is 11.6 Å². The highest BCUT2D eigenvalue weighted by Gasteiger charge is 2.16. The first kappa shape index (κ1) is 15.7. The van der Waals surface area contributed by atoms with Gasteiger partial charge in [0.15, 0.2) is 0 Å². The molecule has 0 heterocycles. The Labute approximate surface area is 120 Å². The molecule has 0 radical (unpaired) electrons. The number of benzene rings is 1. The Balaban J connectivity index is 2.82. The third-order valence-electron chi connectivity index (χ3n) is 2.30. The van der Waals surface area contributed by atoms with E-state index < -0.39 is 30.9 Å². The molecule has 2 amide bonds. The SMILES string of the molecule is NC(=O)CN(CC(=O)O)C(=O)/C=C/c1ccccc1Cl. The summed E-state index contributed by atoms with van der Waals surface area (Å²) in [6, 6.07) is 6.84. The zero-order valence-electron chi connectivity index (χ0n) is 10.5. The van der Waals surface area contributed by atoms with Crippen molar-refractivity contribution in [1.82, 2.24) is 4.90 Å². The summed E-state index contributed by atoms with van der Waals surface area (Å²) in [7, 11) is 0.